The highest BCUT2D eigenvalue weighted by Gasteiger charge is 2.48. The van der Waals surface area contributed by atoms with Gasteiger partial charge in [-0.15, -0.1) is 0 Å². The highest BCUT2D eigenvalue weighted by Crippen LogP contribution is 2.27. The molecule has 0 aliphatic carbocycles. The van der Waals surface area contributed by atoms with Crippen LogP contribution in [0.3, 0.4) is 0 Å². The maximum atomic E-state index is 10.7. The fourth-order valence-electron chi connectivity index (χ4n) is 1.88. The summed E-state index contributed by atoms with van der Waals surface area (Å²) in [5.41, 5.74) is 0. The lowest BCUT2D eigenvalue weighted by molar-refractivity contribution is -0.291. The van der Waals surface area contributed by atoms with Crippen LogP contribution in [0.5, 0.6) is 0 Å². The standard InChI is InChI=1S/C8H16O12S2/c1-16-6-5(9)4(3-18-21(10,11)12)19-8(17-2)7(6)20-22(13,14)15/h4-9H,3H2,1-2H3,(H,10,11,12)(H,13,14,15)/p-2/t4-,5-,6+,7-,8+/m1/s1. The van der Waals surface area contributed by atoms with E-state index in [4.69, 9.17) is 14.2 Å². The van der Waals surface area contributed by atoms with E-state index in [1.165, 1.54) is 0 Å². The highest BCUT2D eigenvalue weighted by atomic mass is 32.3. The van der Waals surface area contributed by atoms with Crippen molar-refractivity contribution >= 4 is 20.8 Å². The normalized spacial score (nSPS) is 33.8. The van der Waals surface area contributed by atoms with Crippen molar-refractivity contribution in [2.45, 2.75) is 30.7 Å². The molecule has 1 rings (SSSR count). The van der Waals surface area contributed by atoms with Gasteiger partial charge in [0, 0.05) is 14.2 Å². The van der Waals surface area contributed by atoms with Gasteiger partial charge in [0.25, 0.3) is 0 Å². The summed E-state index contributed by atoms with van der Waals surface area (Å²) in [5.74, 6) is 0. The van der Waals surface area contributed by atoms with Crippen molar-refractivity contribution in [3.8, 4) is 0 Å². The van der Waals surface area contributed by atoms with Crippen molar-refractivity contribution in [1.82, 2.24) is 0 Å². The Labute approximate surface area is 126 Å². The first-order valence-corrected chi connectivity index (χ1v) is 8.28. The Bertz CT molecular complexity index is 556. The van der Waals surface area contributed by atoms with Gasteiger partial charge in [-0.2, -0.15) is 0 Å². The van der Waals surface area contributed by atoms with Gasteiger partial charge in [0.1, 0.15) is 18.3 Å². The lowest BCUT2D eigenvalue weighted by Gasteiger charge is -2.42. The number of methoxy groups -OCH3 is 2. The quantitative estimate of drug-likeness (QED) is 0.358. The van der Waals surface area contributed by atoms with E-state index in [1.807, 2.05) is 0 Å². The predicted octanol–water partition coefficient (Wildman–Crippen LogP) is -2.94. The molecule has 0 bridgehead atoms. The van der Waals surface area contributed by atoms with Crippen LogP contribution in [0.15, 0.2) is 0 Å². The summed E-state index contributed by atoms with van der Waals surface area (Å²) in [6.45, 7) is -0.871. The SMILES string of the molecule is CO[C@H]1O[C@H](COS(=O)(=O)[O-])[C@@H](O)[C@H](OC)[C@H]1OS(=O)(=O)[O-]. The number of aliphatic hydroxyl groups excluding tert-OH is 1. The molecule has 1 fully saturated rings. The second-order valence-electron chi connectivity index (χ2n) is 4.13. The molecule has 14 heteroatoms. The van der Waals surface area contributed by atoms with Crippen LogP contribution in [-0.4, -0.2) is 82.6 Å². The Kier molecular flexibility index (Phi) is 6.63. The molecule has 132 valence electrons. The van der Waals surface area contributed by atoms with Gasteiger partial charge < -0.3 is 28.4 Å². The first-order chi connectivity index (χ1) is 9.98. The van der Waals surface area contributed by atoms with Crippen LogP contribution in [0.1, 0.15) is 0 Å². The molecule has 5 atom stereocenters. The molecule has 1 N–H and O–H groups in total. The van der Waals surface area contributed by atoms with Gasteiger partial charge in [0.15, 0.2) is 12.4 Å². The first kappa shape index (κ1) is 19.6. The average molecular weight is 366 g/mol. The molecule has 0 spiro atoms. The minimum Gasteiger partial charge on any atom is -0.726 e. The molecule has 0 saturated carbocycles. The lowest BCUT2D eigenvalue weighted by Crippen LogP contribution is -2.61. The summed E-state index contributed by atoms with van der Waals surface area (Å²) in [6.07, 6.45) is -7.64. The van der Waals surface area contributed by atoms with E-state index in [1.54, 1.807) is 0 Å². The number of hydrogen-bond acceptors (Lipinski definition) is 12. The molecule has 0 unspecified atom stereocenters. The van der Waals surface area contributed by atoms with Crippen molar-refractivity contribution in [1.29, 1.82) is 0 Å². The van der Waals surface area contributed by atoms with Crippen molar-refractivity contribution < 1.29 is 53.6 Å². The van der Waals surface area contributed by atoms with Gasteiger partial charge in [-0.05, 0) is 0 Å². The summed E-state index contributed by atoms with van der Waals surface area (Å²) in [5, 5.41) is 9.95. The van der Waals surface area contributed by atoms with Crippen LogP contribution >= 0.6 is 0 Å². The average Bonchev–Trinajstić information content (AvgIpc) is 2.35. The molecule has 0 aromatic rings. The van der Waals surface area contributed by atoms with E-state index in [9.17, 15) is 31.0 Å². The second kappa shape index (κ2) is 7.43. The molecular formula is C8H14O12S2-2. The summed E-state index contributed by atoms with van der Waals surface area (Å²) in [6, 6.07) is 0. The van der Waals surface area contributed by atoms with E-state index >= 15 is 0 Å². The van der Waals surface area contributed by atoms with Gasteiger partial charge >= 0.3 is 0 Å². The summed E-state index contributed by atoms with van der Waals surface area (Å²) in [7, 11) is -8.06. The maximum absolute atomic E-state index is 10.7. The van der Waals surface area contributed by atoms with Gasteiger partial charge in [-0.3, -0.25) is 8.37 Å². The number of rotatable bonds is 7. The molecule has 0 aromatic heterocycles. The third-order valence-electron chi connectivity index (χ3n) is 2.73. The maximum Gasteiger partial charge on any atom is 0.218 e. The number of hydrogen-bond donors (Lipinski definition) is 1. The van der Waals surface area contributed by atoms with E-state index < -0.39 is 58.1 Å². The summed E-state index contributed by atoms with van der Waals surface area (Å²) in [4.78, 5) is 0. The van der Waals surface area contributed by atoms with Crippen molar-refractivity contribution in [3.05, 3.63) is 0 Å². The zero-order chi connectivity index (χ0) is 17.1. The molecule has 0 radical (unpaired) electrons. The Balaban J connectivity index is 2.94. The van der Waals surface area contributed by atoms with Crippen LogP contribution < -0.4 is 0 Å². The van der Waals surface area contributed by atoms with Crippen LogP contribution in [0.2, 0.25) is 0 Å². The van der Waals surface area contributed by atoms with E-state index in [0.29, 0.717) is 0 Å². The van der Waals surface area contributed by atoms with Crippen molar-refractivity contribution in [3.63, 3.8) is 0 Å². The number of aliphatic hydroxyl groups is 1. The zero-order valence-corrected chi connectivity index (χ0v) is 13.0. The Morgan fingerprint density at radius 3 is 2.05 bits per heavy atom. The van der Waals surface area contributed by atoms with Crippen LogP contribution in [0.25, 0.3) is 0 Å². The second-order valence-corrected chi connectivity index (χ2v) is 6.19. The largest absolute Gasteiger partial charge is 0.726 e. The monoisotopic (exact) mass is 366 g/mol. The Hall–Kier alpha value is -0.420. The molecule has 1 aliphatic rings. The van der Waals surface area contributed by atoms with Gasteiger partial charge in [-0.1, -0.05) is 0 Å². The molecule has 0 aromatic carbocycles. The Morgan fingerprint density at radius 1 is 1.05 bits per heavy atom. The first-order valence-electron chi connectivity index (χ1n) is 5.62. The molecule has 12 nitrogen and oxygen atoms in total. The molecule has 1 aliphatic heterocycles. The topological polar surface area (TPSA) is 181 Å². The minimum absolute atomic E-state index is 0.871. The molecule has 1 heterocycles. The van der Waals surface area contributed by atoms with E-state index in [-0.39, 0.29) is 0 Å². The van der Waals surface area contributed by atoms with Crippen LogP contribution in [0.4, 0.5) is 0 Å². The summed E-state index contributed by atoms with van der Waals surface area (Å²) < 4.78 is 86.1. The van der Waals surface area contributed by atoms with E-state index in [2.05, 4.69) is 8.37 Å². The van der Waals surface area contributed by atoms with Gasteiger partial charge in [0.2, 0.25) is 20.8 Å². The highest BCUT2D eigenvalue weighted by molar-refractivity contribution is 7.81. The zero-order valence-electron chi connectivity index (χ0n) is 11.3. The van der Waals surface area contributed by atoms with Crippen LogP contribution in [0, 0.1) is 0 Å². The fourth-order valence-corrected chi connectivity index (χ4v) is 2.65. The summed E-state index contributed by atoms with van der Waals surface area (Å²) >= 11 is 0. The van der Waals surface area contributed by atoms with E-state index in [0.717, 1.165) is 14.2 Å². The number of ether oxygens (including phenoxy) is 3. The molecule has 1 saturated heterocycles. The fraction of sp³-hybridized carbons (Fsp3) is 1.00. The van der Waals surface area contributed by atoms with Crippen molar-refractivity contribution in [2.24, 2.45) is 0 Å². The molecule has 0 amide bonds. The third kappa shape index (κ3) is 5.65. The van der Waals surface area contributed by atoms with Crippen molar-refractivity contribution in [2.75, 3.05) is 20.8 Å². The lowest BCUT2D eigenvalue weighted by atomic mass is 9.99. The molecular weight excluding hydrogens is 352 g/mol. The van der Waals surface area contributed by atoms with Gasteiger partial charge in [-0.25, -0.2) is 16.8 Å². The smallest absolute Gasteiger partial charge is 0.218 e. The Morgan fingerprint density at radius 2 is 1.64 bits per heavy atom. The van der Waals surface area contributed by atoms with Crippen LogP contribution in [-0.2, 0) is 43.4 Å². The third-order valence-corrected chi connectivity index (χ3v) is 3.61. The minimum atomic E-state index is -5.16. The predicted molar refractivity (Wildman–Crippen MR) is 62.7 cm³/mol. The van der Waals surface area contributed by atoms with Gasteiger partial charge in [0.05, 0.1) is 6.61 Å². The molecule has 22 heavy (non-hydrogen) atoms.